The van der Waals surface area contributed by atoms with Crippen molar-refractivity contribution in [1.82, 2.24) is 0 Å². The van der Waals surface area contributed by atoms with Crippen LogP contribution < -0.4 is 9.47 Å². The molecule has 0 saturated heterocycles. The summed E-state index contributed by atoms with van der Waals surface area (Å²) in [4.78, 5) is 0. The molecular formula is C14H19BrO3. The lowest BCUT2D eigenvalue weighted by molar-refractivity contribution is 0.142. The molecule has 0 heterocycles. The Balaban J connectivity index is 2.55. The fourth-order valence-corrected chi connectivity index (χ4v) is 2.04. The Morgan fingerprint density at radius 2 is 1.94 bits per heavy atom. The minimum Gasteiger partial charge on any atom is -0.493 e. The van der Waals surface area contributed by atoms with E-state index < -0.39 is 0 Å². The van der Waals surface area contributed by atoms with E-state index in [9.17, 15) is 0 Å². The number of hydrogen-bond donors (Lipinski definition) is 0. The summed E-state index contributed by atoms with van der Waals surface area (Å²) in [5, 5.41) is 0.860. The van der Waals surface area contributed by atoms with Crippen LogP contribution in [0.4, 0.5) is 0 Å². The molecule has 0 spiro atoms. The van der Waals surface area contributed by atoms with Crippen LogP contribution in [0, 0.1) is 0 Å². The highest BCUT2D eigenvalue weighted by atomic mass is 79.9. The predicted octanol–water partition coefficient (Wildman–Crippen LogP) is 3.56. The van der Waals surface area contributed by atoms with Gasteiger partial charge in [0.15, 0.2) is 11.5 Å². The second-order valence-electron chi connectivity index (χ2n) is 3.89. The number of allylic oxidation sites excluding steroid dienone is 1. The molecule has 0 N–H and O–H groups in total. The average molecular weight is 315 g/mol. The summed E-state index contributed by atoms with van der Waals surface area (Å²) >= 11 is 3.36. The smallest absolute Gasteiger partial charge is 0.161 e. The van der Waals surface area contributed by atoms with Gasteiger partial charge >= 0.3 is 0 Å². The van der Waals surface area contributed by atoms with E-state index in [0.29, 0.717) is 13.2 Å². The zero-order chi connectivity index (χ0) is 13.4. The van der Waals surface area contributed by atoms with Gasteiger partial charge in [0.2, 0.25) is 0 Å². The topological polar surface area (TPSA) is 27.7 Å². The van der Waals surface area contributed by atoms with E-state index in [2.05, 4.69) is 28.9 Å². The molecule has 0 atom stereocenters. The molecule has 0 saturated carbocycles. The molecule has 1 rings (SSSR count). The third-order valence-electron chi connectivity index (χ3n) is 2.47. The molecule has 1 aromatic rings. The minimum atomic E-state index is 0.563. The van der Waals surface area contributed by atoms with Gasteiger partial charge in [0.1, 0.15) is 0 Å². The Kier molecular flexibility index (Phi) is 6.83. The first kappa shape index (κ1) is 15.1. The quantitative estimate of drug-likeness (QED) is 0.569. The monoisotopic (exact) mass is 314 g/mol. The zero-order valence-electron chi connectivity index (χ0n) is 11.0. The molecule has 0 amide bonds. The van der Waals surface area contributed by atoms with Crippen LogP contribution in [0.3, 0.4) is 0 Å². The minimum absolute atomic E-state index is 0.563. The highest BCUT2D eigenvalue weighted by molar-refractivity contribution is 9.09. The summed E-state index contributed by atoms with van der Waals surface area (Å²) < 4.78 is 16.1. The van der Waals surface area contributed by atoms with Crippen molar-refractivity contribution in [3.8, 4) is 11.5 Å². The number of halogens is 1. The van der Waals surface area contributed by atoms with Crippen LogP contribution in [-0.2, 0) is 11.3 Å². The van der Waals surface area contributed by atoms with Crippen molar-refractivity contribution in [3.05, 3.63) is 35.4 Å². The molecule has 1 aromatic carbocycles. The van der Waals surface area contributed by atoms with Crippen LogP contribution >= 0.6 is 15.9 Å². The van der Waals surface area contributed by atoms with E-state index in [-0.39, 0.29) is 0 Å². The van der Waals surface area contributed by atoms with Gasteiger partial charge < -0.3 is 14.2 Å². The summed E-state index contributed by atoms with van der Waals surface area (Å²) in [5.74, 6) is 1.46. The summed E-state index contributed by atoms with van der Waals surface area (Å²) in [6.07, 6.45) is 2.09. The van der Waals surface area contributed by atoms with Gasteiger partial charge in [0.05, 0.1) is 27.4 Å². The fourth-order valence-electron chi connectivity index (χ4n) is 1.49. The molecular weight excluding hydrogens is 296 g/mol. The third-order valence-corrected chi connectivity index (χ3v) is 2.80. The summed E-state index contributed by atoms with van der Waals surface area (Å²) in [5.41, 5.74) is 2.28. The Morgan fingerprint density at radius 3 is 2.56 bits per heavy atom. The van der Waals surface area contributed by atoms with Gasteiger partial charge in [-0.2, -0.15) is 0 Å². The van der Waals surface area contributed by atoms with Gasteiger partial charge in [-0.25, -0.2) is 0 Å². The molecule has 3 nitrogen and oxygen atoms in total. The van der Waals surface area contributed by atoms with Gasteiger partial charge in [-0.3, -0.25) is 0 Å². The van der Waals surface area contributed by atoms with Crippen LogP contribution in [0.2, 0.25) is 0 Å². The Bertz CT molecular complexity index is 402. The van der Waals surface area contributed by atoms with E-state index in [0.717, 1.165) is 22.4 Å². The van der Waals surface area contributed by atoms with Crippen molar-refractivity contribution < 1.29 is 14.2 Å². The first-order chi connectivity index (χ1) is 8.71. The number of alkyl halides is 1. The lowest BCUT2D eigenvalue weighted by Gasteiger charge is -2.10. The van der Waals surface area contributed by atoms with E-state index in [1.807, 2.05) is 18.2 Å². The Hall–Kier alpha value is -1.00. The first-order valence-electron chi connectivity index (χ1n) is 5.71. The number of methoxy groups -OCH3 is 2. The predicted molar refractivity (Wildman–Crippen MR) is 76.8 cm³/mol. The van der Waals surface area contributed by atoms with E-state index in [4.69, 9.17) is 14.2 Å². The summed E-state index contributed by atoms with van der Waals surface area (Å²) in [6, 6.07) is 5.80. The van der Waals surface area contributed by atoms with Crippen molar-refractivity contribution in [2.24, 2.45) is 0 Å². The maximum Gasteiger partial charge on any atom is 0.161 e. The number of ether oxygens (including phenoxy) is 3. The van der Waals surface area contributed by atoms with Crippen LogP contribution in [0.1, 0.15) is 12.5 Å². The standard InChI is InChI=1S/C14H19BrO3/c1-11(6-7-15)9-18-10-12-4-5-13(16-2)14(8-12)17-3/h4-6,8H,7,9-10H2,1-3H3. The lowest BCUT2D eigenvalue weighted by Crippen LogP contribution is -1.98. The van der Waals surface area contributed by atoms with Gasteiger partial charge in [-0.05, 0) is 24.6 Å². The van der Waals surface area contributed by atoms with Gasteiger partial charge in [-0.1, -0.05) is 33.6 Å². The summed E-state index contributed by atoms with van der Waals surface area (Å²) in [6.45, 7) is 3.25. The molecule has 0 fully saturated rings. The Labute approximate surface area is 117 Å². The van der Waals surface area contributed by atoms with E-state index >= 15 is 0 Å². The molecule has 4 heteroatoms. The highest BCUT2D eigenvalue weighted by Crippen LogP contribution is 2.27. The molecule has 0 aliphatic heterocycles. The Morgan fingerprint density at radius 1 is 1.22 bits per heavy atom. The number of rotatable bonds is 7. The van der Waals surface area contributed by atoms with Gasteiger partial charge in [-0.15, -0.1) is 0 Å². The number of benzene rings is 1. The van der Waals surface area contributed by atoms with E-state index in [1.165, 1.54) is 5.57 Å². The number of hydrogen-bond acceptors (Lipinski definition) is 3. The SMILES string of the molecule is COc1ccc(COCC(C)=CCBr)cc1OC. The van der Waals surface area contributed by atoms with Crippen LogP contribution in [0.25, 0.3) is 0 Å². The lowest BCUT2D eigenvalue weighted by atomic mass is 10.2. The van der Waals surface area contributed by atoms with Crippen molar-refractivity contribution in [1.29, 1.82) is 0 Å². The normalized spacial score (nSPS) is 11.4. The van der Waals surface area contributed by atoms with Crippen molar-refractivity contribution >= 4 is 15.9 Å². The molecule has 0 radical (unpaired) electrons. The largest absolute Gasteiger partial charge is 0.493 e. The molecule has 0 aliphatic carbocycles. The van der Waals surface area contributed by atoms with Crippen LogP contribution in [-0.4, -0.2) is 26.2 Å². The van der Waals surface area contributed by atoms with Crippen molar-refractivity contribution in [2.45, 2.75) is 13.5 Å². The van der Waals surface area contributed by atoms with Crippen molar-refractivity contribution in [3.63, 3.8) is 0 Å². The fraction of sp³-hybridized carbons (Fsp3) is 0.429. The highest BCUT2D eigenvalue weighted by Gasteiger charge is 2.04. The molecule has 0 aliphatic rings. The maximum atomic E-state index is 5.62. The second kappa shape index (κ2) is 8.16. The summed E-state index contributed by atoms with van der Waals surface area (Å²) in [7, 11) is 3.26. The first-order valence-corrected chi connectivity index (χ1v) is 6.83. The average Bonchev–Trinajstić information content (AvgIpc) is 2.38. The molecule has 0 aromatic heterocycles. The molecule has 0 bridgehead atoms. The van der Waals surface area contributed by atoms with Gasteiger partial charge in [0.25, 0.3) is 0 Å². The second-order valence-corrected chi connectivity index (χ2v) is 4.53. The third kappa shape index (κ3) is 4.70. The maximum absolute atomic E-state index is 5.62. The molecule has 18 heavy (non-hydrogen) atoms. The molecule has 0 unspecified atom stereocenters. The van der Waals surface area contributed by atoms with Crippen LogP contribution in [0.5, 0.6) is 11.5 Å². The van der Waals surface area contributed by atoms with E-state index in [1.54, 1.807) is 14.2 Å². The zero-order valence-corrected chi connectivity index (χ0v) is 12.6. The van der Waals surface area contributed by atoms with Crippen LogP contribution in [0.15, 0.2) is 29.8 Å². The van der Waals surface area contributed by atoms with Gasteiger partial charge in [0, 0.05) is 5.33 Å². The van der Waals surface area contributed by atoms with Crippen molar-refractivity contribution in [2.75, 3.05) is 26.2 Å². The molecule has 100 valence electrons.